The summed E-state index contributed by atoms with van der Waals surface area (Å²) in [4.78, 5) is 13.6. The Labute approximate surface area is 110 Å². The molecule has 0 aromatic heterocycles. The van der Waals surface area contributed by atoms with Crippen LogP contribution in [-0.2, 0) is 4.79 Å². The van der Waals surface area contributed by atoms with Gasteiger partial charge in [-0.25, -0.2) is 0 Å². The Kier molecular flexibility index (Phi) is 4.28. The van der Waals surface area contributed by atoms with Gasteiger partial charge in [0.2, 0.25) is 5.91 Å². The van der Waals surface area contributed by atoms with Gasteiger partial charge in [-0.1, -0.05) is 19.3 Å². The fourth-order valence-corrected chi connectivity index (χ4v) is 3.38. The van der Waals surface area contributed by atoms with E-state index in [1.165, 1.54) is 6.42 Å². The van der Waals surface area contributed by atoms with E-state index in [4.69, 9.17) is 5.73 Å². The number of likely N-dealkylation sites (tertiary alicyclic amines) is 1. The van der Waals surface area contributed by atoms with E-state index in [1.807, 2.05) is 0 Å². The number of primary amides is 1. The third kappa shape index (κ3) is 3.23. The lowest BCUT2D eigenvalue weighted by molar-refractivity contribution is -0.125. The highest BCUT2D eigenvalue weighted by atomic mass is 16.3. The molecule has 2 aliphatic rings. The van der Waals surface area contributed by atoms with Crippen LogP contribution < -0.4 is 5.73 Å². The number of hydrogen-bond donors (Lipinski definition) is 2. The first-order valence-corrected chi connectivity index (χ1v) is 7.26. The smallest absolute Gasteiger partial charge is 0.221 e. The maximum Gasteiger partial charge on any atom is 0.221 e. The molecular formula is C14H26N2O2. The molecule has 0 bridgehead atoms. The standard InChI is InChI=1S/C14H26N2O2/c1-11-5-6-12(13(15)17)9-16(11)10-14(18)7-3-2-4-8-14/h11-12,18H,2-10H2,1H3,(H2,15,17). The number of rotatable bonds is 3. The third-order valence-corrected chi connectivity index (χ3v) is 4.70. The van der Waals surface area contributed by atoms with Gasteiger partial charge in [0.15, 0.2) is 0 Å². The molecule has 2 atom stereocenters. The van der Waals surface area contributed by atoms with Gasteiger partial charge in [-0.15, -0.1) is 0 Å². The Morgan fingerprint density at radius 2 is 2.00 bits per heavy atom. The van der Waals surface area contributed by atoms with E-state index in [1.54, 1.807) is 0 Å². The van der Waals surface area contributed by atoms with Gasteiger partial charge in [-0.2, -0.15) is 0 Å². The van der Waals surface area contributed by atoms with Crippen LogP contribution in [0, 0.1) is 5.92 Å². The molecule has 2 rings (SSSR count). The number of amides is 1. The van der Waals surface area contributed by atoms with Gasteiger partial charge in [0, 0.05) is 19.1 Å². The summed E-state index contributed by atoms with van der Waals surface area (Å²) in [5, 5.41) is 10.6. The number of nitrogens with two attached hydrogens (primary N) is 1. The number of carbonyl (C=O) groups excluding carboxylic acids is 1. The van der Waals surface area contributed by atoms with Gasteiger partial charge in [0.25, 0.3) is 0 Å². The highest BCUT2D eigenvalue weighted by Gasteiger charge is 2.36. The first kappa shape index (κ1) is 13.8. The van der Waals surface area contributed by atoms with Crippen LogP contribution >= 0.6 is 0 Å². The van der Waals surface area contributed by atoms with Crippen LogP contribution in [0.4, 0.5) is 0 Å². The summed E-state index contributed by atoms with van der Waals surface area (Å²) in [6.45, 7) is 3.61. The lowest BCUT2D eigenvalue weighted by Gasteiger charge is -2.43. The summed E-state index contributed by atoms with van der Waals surface area (Å²) in [5.74, 6) is -0.226. The monoisotopic (exact) mass is 254 g/mol. The van der Waals surface area contributed by atoms with E-state index in [0.29, 0.717) is 12.6 Å². The maximum absolute atomic E-state index is 11.3. The quantitative estimate of drug-likeness (QED) is 0.797. The average Bonchev–Trinajstić information content (AvgIpc) is 2.32. The molecule has 4 nitrogen and oxygen atoms in total. The van der Waals surface area contributed by atoms with Crippen LogP contribution in [-0.4, -0.2) is 40.6 Å². The van der Waals surface area contributed by atoms with E-state index in [9.17, 15) is 9.90 Å². The van der Waals surface area contributed by atoms with Gasteiger partial charge in [-0.05, 0) is 32.6 Å². The molecule has 0 radical (unpaired) electrons. The minimum atomic E-state index is -0.536. The molecule has 2 unspecified atom stereocenters. The van der Waals surface area contributed by atoms with Gasteiger partial charge in [0.05, 0.1) is 11.5 Å². The van der Waals surface area contributed by atoms with E-state index in [-0.39, 0.29) is 11.8 Å². The highest BCUT2D eigenvalue weighted by molar-refractivity contribution is 5.76. The lowest BCUT2D eigenvalue weighted by Crippen LogP contribution is -2.52. The van der Waals surface area contributed by atoms with Crippen molar-refractivity contribution >= 4 is 5.91 Å². The van der Waals surface area contributed by atoms with E-state index >= 15 is 0 Å². The molecule has 1 saturated heterocycles. The zero-order valence-electron chi connectivity index (χ0n) is 11.4. The van der Waals surface area contributed by atoms with Crippen molar-refractivity contribution in [1.29, 1.82) is 0 Å². The van der Waals surface area contributed by atoms with E-state index < -0.39 is 5.60 Å². The summed E-state index contributed by atoms with van der Waals surface area (Å²) in [7, 11) is 0. The molecule has 1 saturated carbocycles. The molecule has 4 heteroatoms. The lowest BCUT2D eigenvalue weighted by atomic mass is 9.83. The molecule has 1 aliphatic carbocycles. The second-order valence-electron chi connectivity index (χ2n) is 6.24. The van der Waals surface area contributed by atoms with Crippen molar-refractivity contribution in [2.45, 2.75) is 63.5 Å². The molecule has 0 aromatic carbocycles. The average molecular weight is 254 g/mol. The number of piperidine rings is 1. The fraction of sp³-hybridized carbons (Fsp3) is 0.929. The second kappa shape index (κ2) is 5.57. The summed E-state index contributed by atoms with van der Waals surface area (Å²) < 4.78 is 0. The third-order valence-electron chi connectivity index (χ3n) is 4.70. The largest absolute Gasteiger partial charge is 0.389 e. The Hall–Kier alpha value is -0.610. The zero-order valence-corrected chi connectivity index (χ0v) is 11.4. The van der Waals surface area contributed by atoms with Crippen LogP contribution in [0.15, 0.2) is 0 Å². The minimum absolute atomic E-state index is 0.0339. The molecule has 1 amide bonds. The molecular weight excluding hydrogens is 228 g/mol. The van der Waals surface area contributed by atoms with Crippen LogP contribution in [0.2, 0.25) is 0 Å². The van der Waals surface area contributed by atoms with Crippen molar-refractivity contribution in [3.05, 3.63) is 0 Å². The number of carbonyl (C=O) groups is 1. The minimum Gasteiger partial charge on any atom is -0.389 e. The number of β-amino-alcohol motifs (C(OH)–C–C–N with tert-alkyl or cyclic N) is 1. The number of aliphatic hydroxyl groups is 1. The van der Waals surface area contributed by atoms with Crippen molar-refractivity contribution in [2.75, 3.05) is 13.1 Å². The number of hydrogen-bond acceptors (Lipinski definition) is 3. The molecule has 2 fully saturated rings. The number of nitrogens with zero attached hydrogens (tertiary/aromatic N) is 1. The first-order chi connectivity index (χ1) is 8.50. The molecule has 1 heterocycles. The Morgan fingerprint density at radius 1 is 1.33 bits per heavy atom. The zero-order chi connectivity index (χ0) is 13.2. The van der Waals surface area contributed by atoms with Gasteiger partial charge < -0.3 is 10.8 Å². The van der Waals surface area contributed by atoms with Crippen molar-refractivity contribution in [1.82, 2.24) is 4.90 Å². The Bertz CT molecular complexity index is 300. The van der Waals surface area contributed by atoms with Gasteiger partial charge in [0.1, 0.15) is 0 Å². The van der Waals surface area contributed by atoms with E-state index in [2.05, 4.69) is 11.8 Å². The second-order valence-corrected chi connectivity index (χ2v) is 6.24. The van der Waals surface area contributed by atoms with Crippen molar-refractivity contribution in [3.8, 4) is 0 Å². The van der Waals surface area contributed by atoms with E-state index in [0.717, 1.165) is 45.1 Å². The molecule has 0 spiro atoms. The molecule has 104 valence electrons. The molecule has 18 heavy (non-hydrogen) atoms. The summed E-state index contributed by atoms with van der Waals surface area (Å²) in [6.07, 6.45) is 7.18. The predicted molar refractivity (Wildman–Crippen MR) is 71.0 cm³/mol. The summed E-state index contributed by atoms with van der Waals surface area (Å²) in [6, 6.07) is 0.451. The van der Waals surface area contributed by atoms with Gasteiger partial charge in [-0.3, -0.25) is 9.69 Å². The van der Waals surface area contributed by atoms with Crippen molar-refractivity contribution in [2.24, 2.45) is 11.7 Å². The van der Waals surface area contributed by atoms with Crippen LogP contribution in [0.3, 0.4) is 0 Å². The van der Waals surface area contributed by atoms with Crippen LogP contribution in [0.25, 0.3) is 0 Å². The molecule has 0 aromatic rings. The molecule has 3 N–H and O–H groups in total. The summed E-state index contributed by atoms with van der Waals surface area (Å²) >= 11 is 0. The molecule has 1 aliphatic heterocycles. The predicted octanol–water partition coefficient (Wildman–Crippen LogP) is 1.27. The highest BCUT2D eigenvalue weighted by Crippen LogP contribution is 2.31. The SMILES string of the molecule is CC1CCC(C(N)=O)CN1CC1(O)CCCCC1. The van der Waals surface area contributed by atoms with Crippen molar-refractivity contribution < 1.29 is 9.90 Å². The van der Waals surface area contributed by atoms with Gasteiger partial charge >= 0.3 is 0 Å². The topological polar surface area (TPSA) is 66.6 Å². The van der Waals surface area contributed by atoms with Crippen molar-refractivity contribution in [3.63, 3.8) is 0 Å². The van der Waals surface area contributed by atoms with Crippen LogP contribution in [0.5, 0.6) is 0 Å². The first-order valence-electron chi connectivity index (χ1n) is 7.26. The normalized spacial score (nSPS) is 33.2. The Morgan fingerprint density at radius 3 is 2.61 bits per heavy atom. The van der Waals surface area contributed by atoms with Crippen LogP contribution in [0.1, 0.15) is 51.9 Å². The fourth-order valence-electron chi connectivity index (χ4n) is 3.38. The maximum atomic E-state index is 11.3. The summed E-state index contributed by atoms with van der Waals surface area (Å²) in [5.41, 5.74) is 4.88. The Balaban J connectivity index is 1.95.